The molecule has 2 heterocycles. The second-order valence-electron chi connectivity index (χ2n) is 4.17. The van der Waals surface area contributed by atoms with E-state index in [1.807, 2.05) is 0 Å². The standard InChI is InChI=1S/C10H18BrNO/c11-6-9-2-1-4-12(7-9)10-3-5-13-8-10/h9-10H,1-8H2. The Morgan fingerprint density at radius 2 is 2.31 bits per heavy atom. The second kappa shape index (κ2) is 4.76. The van der Waals surface area contributed by atoms with Crippen LogP contribution in [0.2, 0.25) is 0 Å². The van der Waals surface area contributed by atoms with E-state index in [2.05, 4.69) is 20.8 Å². The zero-order chi connectivity index (χ0) is 9.10. The Morgan fingerprint density at radius 3 is 3.00 bits per heavy atom. The number of halogens is 1. The molecule has 0 bridgehead atoms. The molecule has 13 heavy (non-hydrogen) atoms. The third-order valence-corrected chi connectivity index (χ3v) is 4.11. The quantitative estimate of drug-likeness (QED) is 0.692. The molecule has 3 heteroatoms. The number of likely N-dealkylation sites (tertiary alicyclic amines) is 1. The van der Waals surface area contributed by atoms with Gasteiger partial charge in [0.2, 0.25) is 0 Å². The zero-order valence-corrected chi connectivity index (χ0v) is 9.63. The molecule has 0 saturated carbocycles. The molecule has 2 saturated heterocycles. The number of rotatable bonds is 2. The number of ether oxygens (including phenoxy) is 1. The summed E-state index contributed by atoms with van der Waals surface area (Å²) in [6, 6.07) is 0.724. The molecule has 2 fully saturated rings. The van der Waals surface area contributed by atoms with Gasteiger partial charge in [0, 0.05) is 24.5 Å². The molecule has 0 aromatic heterocycles. The summed E-state index contributed by atoms with van der Waals surface area (Å²) in [5.74, 6) is 0.870. The van der Waals surface area contributed by atoms with E-state index in [0.29, 0.717) is 0 Å². The lowest BCUT2D eigenvalue weighted by Crippen LogP contribution is -2.43. The van der Waals surface area contributed by atoms with Gasteiger partial charge in [-0.25, -0.2) is 0 Å². The maximum absolute atomic E-state index is 5.43. The third kappa shape index (κ3) is 2.45. The van der Waals surface area contributed by atoms with Crippen LogP contribution in [0.1, 0.15) is 19.3 Å². The van der Waals surface area contributed by atoms with Crippen LogP contribution in [0.4, 0.5) is 0 Å². The highest BCUT2D eigenvalue weighted by atomic mass is 79.9. The van der Waals surface area contributed by atoms with Crippen LogP contribution in [-0.4, -0.2) is 42.6 Å². The van der Waals surface area contributed by atoms with Crippen LogP contribution in [-0.2, 0) is 4.74 Å². The number of nitrogens with zero attached hydrogens (tertiary/aromatic N) is 1. The van der Waals surface area contributed by atoms with Crippen molar-refractivity contribution in [2.45, 2.75) is 25.3 Å². The third-order valence-electron chi connectivity index (χ3n) is 3.19. The summed E-state index contributed by atoms with van der Waals surface area (Å²) in [6.45, 7) is 4.51. The summed E-state index contributed by atoms with van der Waals surface area (Å²) in [4.78, 5) is 2.63. The van der Waals surface area contributed by atoms with Gasteiger partial charge in [-0.1, -0.05) is 15.9 Å². The van der Waals surface area contributed by atoms with Crippen molar-refractivity contribution in [3.8, 4) is 0 Å². The molecule has 2 aliphatic heterocycles. The molecule has 2 rings (SSSR count). The van der Waals surface area contributed by atoms with Crippen LogP contribution >= 0.6 is 15.9 Å². The normalized spacial score (nSPS) is 36.7. The van der Waals surface area contributed by atoms with E-state index in [0.717, 1.165) is 30.5 Å². The molecule has 0 aromatic rings. The Balaban J connectivity index is 1.84. The molecule has 2 unspecified atom stereocenters. The smallest absolute Gasteiger partial charge is 0.0622 e. The van der Waals surface area contributed by atoms with E-state index in [1.165, 1.54) is 32.4 Å². The van der Waals surface area contributed by atoms with Crippen molar-refractivity contribution < 1.29 is 4.74 Å². The SMILES string of the molecule is BrCC1CCCN(C2CCOC2)C1. The van der Waals surface area contributed by atoms with Gasteiger partial charge in [-0.2, -0.15) is 0 Å². The fourth-order valence-electron chi connectivity index (χ4n) is 2.36. The van der Waals surface area contributed by atoms with E-state index in [9.17, 15) is 0 Å². The monoisotopic (exact) mass is 247 g/mol. The summed E-state index contributed by atoms with van der Waals surface area (Å²) < 4.78 is 5.43. The zero-order valence-electron chi connectivity index (χ0n) is 8.04. The maximum Gasteiger partial charge on any atom is 0.0622 e. The molecule has 2 aliphatic rings. The number of hydrogen-bond donors (Lipinski definition) is 0. The van der Waals surface area contributed by atoms with Crippen LogP contribution in [0.5, 0.6) is 0 Å². The van der Waals surface area contributed by atoms with Gasteiger partial charge >= 0.3 is 0 Å². The molecule has 0 aliphatic carbocycles. The van der Waals surface area contributed by atoms with Crippen molar-refractivity contribution in [3.05, 3.63) is 0 Å². The largest absolute Gasteiger partial charge is 0.380 e. The predicted molar refractivity (Wildman–Crippen MR) is 57.3 cm³/mol. The molecule has 0 aromatic carbocycles. The Morgan fingerprint density at radius 1 is 1.38 bits per heavy atom. The number of alkyl halides is 1. The van der Waals surface area contributed by atoms with Gasteiger partial charge in [-0.15, -0.1) is 0 Å². The summed E-state index contributed by atoms with van der Waals surface area (Å²) in [5.41, 5.74) is 0. The highest BCUT2D eigenvalue weighted by Crippen LogP contribution is 2.23. The summed E-state index contributed by atoms with van der Waals surface area (Å²) in [6.07, 6.45) is 4.01. The Bertz CT molecular complexity index is 159. The molecule has 0 spiro atoms. The lowest BCUT2D eigenvalue weighted by atomic mass is 9.98. The highest BCUT2D eigenvalue weighted by Gasteiger charge is 2.27. The second-order valence-corrected chi connectivity index (χ2v) is 4.82. The first kappa shape index (κ1) is 9.94. The average molecular weight is 248 g/mol. The van der Waals surface area contributed by atoms with Crippen LogP contribution < -0.4 is 0 Å². The topological polar surface area (TPSA) is 12.5 Å². The summed E-state index contributed by atoms with van der Waals surface area (Å²) in [5, 5.41) is 1.16. The minimum atomic E-state index is 0.724. The number of hydrogen-bond acceptors (Lipinski definition) is 2. The fourth-order valence-corrected chi connectivity index (χ4v) is 2.89. The van der Waals surface area contributed by atoms with Crippen molar-refractivity contribution in [2.24, 2.45) is 5.92 Å². The highest BCUT2D eigenvalue weighted by molar-refractivity contribution is 9.09. The van der Waals surface area contributed by atoms with Gasteiger partial charge in [0.15, 0.2) is 0 Å². The Hall–Kier alpha value is 0.400. The molecule has 0 amide bonds. The Kier molecular flexibility index (Phi) is 3.64. The first-order chi connectivity index (χ1) is 6.40. The van der Waals surface area contributed by atoms with Crippen molar-refractivity contribution in [2.75, 3.05) is 31.6 Å². The van der Waals surface area contributed by atoms with Crippen molar-refractivity contribution in [3.63, 3.8) is 0 Å². The first-order valence-electron chi connectivity index (χ1n) is 5.28. The van der Waals surface area contributed by atoms with Gasteiger partial charge in [0.1, 0.15) is 0 Å². The molecular formula is C10H18BrNO. The molecule has 2 atom stereocenters. The average Bonchev–Trinajstić information content (AvgIpc) is 2.71. The van der Waals surface area contributed by atoms with E-state index in [-0.39, 0.29) is 0 Å². The summed E-state index contributed by atoms with van der Waals surface area (Å²) in [7, 11) is 0. The van der Waals surface area contributed by atoms with E-state index in [4.69, 9.17) is 4.74 Å². The number of piperidine rings is 1. The Labute approximate surface area is 88.8 Å². The first-order valence-corrected chi connectivity index (χ1v) is 6.40. The fraction of sp³-hybridized carbons (Fsp3) is 1.00. The van der Waals surface area contributed by atoms with E-state index >= 15 is 0 Å². The van der Waals surface area contributed by atoms with Crippen molar-refractivity contribution in [1.29, 1.82) is 0 Å². The molecule has 0 radical (unpaired) electrons. The molecule has 0 N–H and O–H groups in total. The van der Waals surface area contributed by atoms with Crippen LogP contribution in [0.3, 0.4) is 0 Å². The lowest BCUT2D eigenvalue weighted by molar-refractivity contribution is 0.109. The van der Waals surface area contributed by atoms with Crippen LogP contribution in [0.25, 0.3) is 0 Å². The predicted octanol–water partition coefficient (Wildman–Crippen LogP) is 1.88. The minimum Gasteiger partial charge on any atom is -0.380 e. The molecule has 2 nitrogen and oxygen atoms in total. The van der Waals surface area contributed by atoms with Gasteiger partial charge in [0.05, 0.1) is 6.61 Å². The molecule has 76 valence electrons. The minimum absolute atomic E-state index is 0.724. The van der Waals surface area contributed by atoms with Gasteiger partial charge < -0.3 is 4.74 Å². The summed E-state index contributed by atoms with van der Waals surface area (Å²) >= 11 is 3.59. The van der Waals surface area contributed by atoms with Crippen LogP contribution in [0, 0.1) is 5.92 Å². The van der Waals surface area contributed by atoms with Crippen molar-refractivity contribution >= 4 is 15.9 Å². The van der Waals surface area contributed by atoms with Gasteiger partial charge in [-0.3, -0.25) is 4.90 Å². The van der Waals surface area contributed by atoms with E-state index < -0.39 is 0 Å². The van der Waals surface area contributed by atoms with Crippen molar-refractivity contribution in [1.82, 2.24) is 4.90 Å². The van der Waals surface area contributed by atoms with E-state index in [1.54, 1.807) is 0 Å². The van der Waals surface area contributed by atoms with Gasteiger partial charge in [-0.05, 0) is 31.7 Å². The van der Waals surface area contributed by atoms with Gasteiger partial charge in [0.25, 0.3) is 0 Å². The van der Waals surface area contributed by atoms with Crippen LogP contribution in [0.15, 0.2) is 0 Å². The lowest BCUT2D eigenvalue weighted by Gasteiger charge is -2.35. The maximum atomic E-state index is 5.43. The molecular weight excluding hydrogens is 230 g/mol.